The summed E-state index contributed by atoms with van der Waals surface area (Å²) in [5, 5.41) is 4.41. The lowest BCUT2D eigenvalue weighted by molar-refractivity contribution is 0.730. The third kappa shape index (κ3) is 1.48. The highest BCUT2D eigenvalue weighted by Crippen LogP contribution is 2.18. The summed E-state index contributed by atoms with van der Waals surface area (Å²) >= 11 is 0. The molecule has 2 heteroatoms. The zero-order valence-electron chi connectivity index (χ0n) is 8.85. The molecule has 0 saturated heterocycles. The van der Waals surface area contributed by atoms with Gasteiger partial charge in [0.1, 0.15) is 0 Å². The molecule has 3 rings (SSSR count). The largest absolute Gasteiger partial charge is 0.305 e. The van der Waals surface area contributed by atoms with Gasteiger partial charge in [0.05, 0.1) is 12.3 Å². The molecule has 0 radical (unpaired) electrons. The van der Waals surface area contributed by atoms with Gasteiger partial charge in [-0.15, -0.1) is 0 Å². The Bertz CT molecular complexity index is 529. The van der Waals surface area contributed by atoms with Crippen LogP contribution < -0.4 is 5.43 Å². The Hall–Kier alpha value is -2.09. The maximum atomic E-state index is 4.41. The van der Waals surface area contributed by atoms with Crippen molar-refractivity contribution in [2.45, 2.75) is 6.54 Å². The zero-order valence-corrected chi connectivity index (χ0v) is 8.85. The van der Waals surface area contributed by atoms with Crippen molar-refractivity contribution in [2.75, 3.05) is 0 Å². The lowest BCUT2D eigenvalue weighted by atomic mass is 9.97. The molecular weight excluding hydrogens is 196 g/mol. The molecule has 0 aromatic heterocycles. The van der Waals surface area contributed by atoms with E-state index in [1.54, 1.807) is 0 Å². The van der Waals surface area contributed by atoms with Crippen molar-refractivity contribution in [2.24, 2.45) is 5.10 Å². The van der Waals surface area contributed by atoms with Crippen molar-refractivity contribution >= 4 is 5.71 Å². The van der Waals surface area contributed by atoms with Gasteiger partial charge in [0, 0.05) is 11.1 Å². The first-order chi connectivity index (χ1) is 7.95. The monoisotopic (exact) mass is 208 g/mol. The molecule has 0 atom stereocenters. The predicted molar refractivity (Wildman–Crippen MR) is 65.4 cm³/mol. The van der Waals surface area contributed by atoms with Crippen LogP contribution in [0.3, 0.4) is 0 Å². The van der Waals surface area contributed by atoms with Crippen LogP contribution in [0.15, 0.2) is 59.7 Å². The summed E-state index contributed by atoms with van der Waals surface area (Å²) in [6.07, 6.45) is 0. The van der Waals surface area contributed by atoms with Gasteiger partial charge < -0.3 is 5.43 Å². The summed E-state index contributed by atoms with van der Waals surface area (Å²) in [5.74, 6) is 0. The average molecular weight is 208 g/mol. The molecule has 16 heavy (non-hydrogen) atoms. The standard InChI is InChI=1S/C14H12N2/c1-2-6-11(7-3-1)14-13-9-5-4-8-12(13)10-15-16-14/h1-9,15H,10H2. The fraction of sp³-hybridized carbons (Fsp3) is 0.0714. The fourth-order valence-electron chi connectivity index (χ4n) is 1.99. The molecule has 1 heterocycles. The topological polar surface area (TPSA) is 24.4 Å². The Kier molecular flexibility index (Phi) is 2.18. The van der Waals surface area contributed by atoms with Crippen LogP contribution in [-0.4, -0.2) is 5.71 Å². The first kappa shape index (κ1) is 9.16. The number of hydrogen-bond acceptors (Lipinski definition) is 2. The fourth-order valence-corrected chi connectivity index (χ4v) is 1.99. The van der Waals surface area contributed by atoms with E-state index in [9.17, 15) is 0 Å². The Morgan fingerprint density at radius 1 is 0.875 bits per heavy atom. The summed E-state index contributed by atoms with van der Waals surface area (Å²) in [7, 11) is 0. The second-order valence-electron chi connectivity index (χ2n) is 3.82. The van der Waals surface area contributed by atoms with Crippen LogP contribution in [0, 0.1) is 0 Å². The summed E-state index contributed by atoms with van der Waals surface area (Å²) in [4.78, 5) is 0. The second kappa shape index (κ2) is 3.81. The van der Waals surface area contributed by atoms with Crippen LogP contribution in [0.1, 0.15) is 16.7 Å². The zero-order chi connectivity index (χ0) is 10.8. The van der Waals surface area contributed by atoms with Gasteiger partial charge in [-0.25, -0.2) is 0 Å². The predicted octanol–water partition coefficient (Wildman–Crippen LogP) is 2.54. The molecule has 0 fully saturated rings. The van der Waals surface area contributed by atoms with E-state index < -0.39 is 0 Å². The lowest BCUT2D eigenvalue weighted by Crippen LogP contribution is -2.20. The van der Waals surface area contributed by atoms with E-state index in [1.165, 1.54) is 11.1 Å². The maximum Gasteiger partial charge on any atom is 0.0977 e. The van der Waals surface area contributed by atoms with Crippen molar-refractivity contribution in [3.05, 3.63) is 71.3 Å². The number of rotatable bonds is 1. The molecule has 78 valence electrons. The normalized spacial score (nSPS) is 13.6. The maximum absolute atomic E-state index is 4.41. The van der Waals surface area contributed by atoms with Gasteiger partial charge in [0.25, 0.3) is 0 Å². The second-order valence-corrected chi connectivity index (χ2v) is 3.82. The first-order valence-electron chi connectivity index (χ1n) is 5.39. The van der Waals surface area contributed by atoms with Gasteiger partial charge >= 0.3 is 0 Å². The molecule has 0 amide bonds. The minimum atomic E-state index is 0.812. The van der Waals surface area contributed by atoms with E-state index in [0.717, 1.165) is 17.8 Å². The number of hydrazone groups is 1. The highest BCUT2D eigenvalue weighted by Gasteiger charge is 2.14. The van der Waals surface area contributed by atoms with E-state index in [4.69, 9.17) is 0 Å². The van der Waals surface area contributed by atoms with Gasteiger partial charge in [-0.05, 0) is 5.56 Å². The van der Waals surface area contributed by atoms with Crippen LogP contribution in [0.4, 0.5) is 0 Å². The molecule has 0 bridgehead atoms. The van der Waals surface area contributed by atoms with E-state index in [0.29, 0.717) is 0 Å². The van der Waals surface area contributed by atoms with E-state index in [1.807, 2.05) is 18.2 Å². The number of fused-ring (bicyclic) bond motifs is 1. The summed E-state index contributed by atoms with van der Waals surface area (Å²) in [6.45, 7) is 0.812. The van der Waals surface area contributed by atoms with E-state index in [2.05, 4.69) is 46.9 Å². The van der Waals surface area contributed by atoms with Crippen molar-refractivity contribution in [3.8, 4) is 0 Å². The third-order valence-corrected chi connectivity index (χ3v) is 2.78. The molecule has 0 spiro atoms. The minimum absolute atomic E-state index is 0.812. The van der Waals surface area contributed by atoms with E-state index in [-0.39, 0.29) is 0 Å². The van der Waals surface area contributed by atoms with Gasteiger partial charge in [-0.3, -0.25) is 0 Å². The van der Waals surface area contributed by atoms with Crippen LogP contribution in [0.25, 0.3) is 0 Å². The van der Waals surface area contributed by atoms with Crippen molar-refractivity contribution in [3.63, 3.8) is 0 Å². The molecule has 1 aliphatic heterocycles. The number of hydrogen-bond donors (Lipinski definition) is 1. The molecule has 1 aliphatic rings. The quantitative estimate of drug-likeness (QED) is 0.765. The van der Waals surface area contributed by atoms with Crippen LogP contribution in [0.5, 0.6) is 0 Å². The molecule has 0 unspecified atom stereocenters. The van der Waals surface area contributed by atoms with Gasteiger partial charge in [0.2, 0.25) is 0 Å². The smallest absolute Gasteiger partial charge is 0.0977 e. The highest BCUT2D eigenvalue weighted by molar-refractivity contribution is 6.14. The van der Waals surface area contributed by atoms with Crippen molar-refractivity contribution in [1.29, 1.82) is 0 Å². The van der Waals surface area contributed by atoms with Gasteiger partial charge in [-0.1, -0.05) is 54.6 Å². The van der Waals surface area contributed by atoms with Crippen molar-refractivity contribution < 1.29 is 0 Å². The van der Waals surface area contributed by atoms with Gasteiger partial charge in [-0.2, -0.15) is 5.10 Å². The Labute approximate surface area is 94.6 Å². The molecule has 1 N–H and O–H groups in total. The first-order valence-corrected chi connectivity index (χ1v) is 5.39. The summed E-state index contributed by atoms with van der Waals surface area (Å²) in [5.41, 5.74) is 7.79. The number of benzene rings is 2. The molecule has 0 saturated carbocycles. The minimum Gasteiger partial charge on any atom is -0.305 e. The van der Waals surface area contributed by atoms with Crippen LogP contribution in [-0.2, 0) is 6.54 Å². The molecule has 2 nitrogen and oxygen atoms in total. The lowest BCUT2D eigenvalue weighted by Gasteiger charge is -2.17. The third-order valence-electron chi connectivity index (χ3n) is 2.78. The number of nitrogens with one attached hydrogen (secondary N) is 1. The number of nitrogens with zero attached hydrogens (tertiary/aromatic N) is 1. The average Bonchev–Trinajstić information content (AvgIpc) is 2.39. The SMILES string of the molecule is c1ccc(C2=NNCc3ccccc32)cc1. The summed E-state index contributed by atoms with van der Waals surface area (Å²) < 4.78 is 0. The van der Waals surface area contributed by atoms with Crippen LogP contribution >= 0.6 is 0 Å². The summed E-state index contributed by atoms with van der Waals surface area (Å²) in [6, 6.07) is 18.7. The van der Waals surface area contributed by atoms with Gasteiger partial charge in [0.15, 0.2) is 0 Å². The Morgan fingerprint density at radius 3 is 2.50 bits per heavy atom. The Balaban J connectivity index is 2.13. The molecule has 2 aromatic carbocycles. The van der Waals surface area contributed by atoms with E-state index >= 15 is 0 Å². The molecule has 0 aliphatic carbocycles. The molecule has 2 aromatic rings. The van der Waals surface area contributed by atoms with Crippen molar-refractivity contribution in [1.82, 2.24) is 5.43 Å². The highest BCUT2D eigenvalue weighted by atomic mass is 15.3. The Morgan fingerprint density at radius 2 is 1.62 bits per heavy atom. The molecular formula is C14H12N2. The van der Waals surface area contributed by atoms with Crippen LogP contribution in [0.2, 0.25) is 0 Å².